The van der Waals surface area contributed by atoms with Gasteiger partial charge in [0.1, 0.15) is 6.54 Å². The minimum Gasteiger partial charge on any atom is -0.494 e. The van der Waals surface area contributed by atoms with Crippen LogP contribution >= 0.6 is 0 Å². The summed E-state index contributed by atoms with van der Waals surface area (Å²) in [6.07, 6.45) is 1.60. The van der Waals surface area contributed by atoms with Gasteiger partial charge in [-0.3, -0.25) is 14.4 Å². The molecule has 1 rings (SSSR count). The molecule has 1 aromatic carbocycles. The molecule has 0 saturated heterocycles. The summed E-state index contributed by atoms with van der Waals surface area (Å²) in [5, 5.41) is 25.9. The normalized spacial score (nSPS) is 11.2. The quantitative estimate of drug-likeness (QED) is 0.139. The number of aliphatic hydroxyl groups is 1. The van der Waals surface area contributed by atoms with Crippen LogP contribution < -0.4 is 16.0 Å². The van der Waals surface area contributed by atoms with Crippen molar-refractivity contribution >= 4 is 17.8 Å². The third-order valence-electron chi connectivity index (χ3n) is 3.21. The lowest BCUT2D eigenvalue weighted by Gasteiger charge is -2.12. The number of unbranched alkanes of at least 4 members (excludes halogenated alkanes) is 1. The molecule has 0 aliphatic carbocycles. The van der Waals surface area contributed by atoms with Crippen molar-refractivity contribution in [3.63, 3.8) is 0 Å². The number of aliphatic carboxylic acids is 1. The van der Waals surface area contributed by atoms with E-state index >= 15 is 0 Å². The van der Waals surface area contributed by atoms with Gasteiger partial charge in [-0.2, -0.15) is 0 Å². The van der Waals surface area contributed by atoms with Crippen LogP contribution in [0.3, 0.4) is 0 Å². The van der Waals surface area contributed by atoms with E-state index in [9.17, 15) is 19.5 Å². The Morgan fingerprint density at radius 2 is 1.60 bits per heavy atom. The van der Waals surface area contributed by atoms with Gasteiger partial charge in [0.15, 0.2) is 5.57 Å². The van der Waals surface area contributed by atoms with Crippen LogP contribution in [-0.4, -0.2) is 41.1 Å². The Morgan fingerprint density at radius 1 is 0.960 bits per heavy atom. The summed E-state index contributed by atoms with van der Waals surface area (Å²) in [5.41, 5.74) is 0.271. The maximum Gasteiger partial charge on any atom is 0.322 e. The number of carboxylic acid groups (broad SMARTS) is 1. The summed E-state index contributed by atoms with van der Waals surface area (Å²) in [6.45, 7) is 1.84. The predicted octanol–water partition coefficient (Wildman–Crippen LogP) is 0.663. The molecule has 0 heterocycles. The van der Waals surface area contributed by atoms with Crippen molar-refractivity contribution in [3.8, 4) is 0 Å². The minimum atomic E-state index is -1.25. The summed E-state index contributed by atoms with van der Waals surface area (Å²) < 4.78 is 0. The van der Waals surface area contributed by atoms with Gasteiger partial charge in [0.25, 0.3) is 11.8 Å². The standard InChI is InChI=1S/C17H23N3O5/c1-2-3-9-18-15(23)14(17(25)20-11-13(21)22)16(24)19-10-12-7-5-4-6-8-12/h4-8,18,23H,2-3,9-11H2,1H3,(H,19,24)(H,20,25)(H,21,22)/b15-14-. The largest absolute Gasteiger partial charge is 0.494 e. The van der Waals surface area contributed by atoms with E-state index in [1.54, 1.807) is 12.1 Å². The zero-order valence-electron chi connectivity index (χ0n) is 14.0. The molecule has 0 atom stereocenters. The van der Waals surface area contributed by atoms with Crippen LogP contribution in [0.25, 0.3) is 0 Å². The average Bonchev–Trinajstić information content (AvgIpc) is 2.59. The van der Waals surface area contributed by atoms with Crippen molar-refractivity contribution in [3.05, 3.63) is 47.4 Å². The molecule has 0 bridgehead atoms. The molecular formula is C17H23N3O5. The van der Waals surface area contributed by atoms with Gasteiger partial charge in [-0.1, -0.05) is 43.7 Å². The average molecular weight is 349 g/mol. The summed E-state index contributed by atoms with van der Waals surface area (Å²) >= 11 is 0. The SMILES string of the molecule is CCCCN/C(O)=C(/C(=O)NCC(=O)O)C(=O)NCc1ccccc1. The molecule has 0 aliphatic rings. The summed E-state index contributed by atoms with van der Waals surface area (Å²) in [6, 6.07) is 9.05. The van der Waals surface area contributed by atoms with Crippen molar-refractivity contribution in [1.82, 2.24) is 16.0 Å². The van der Waals surface area contributed by atoms with E-state index in [1.165, 1.54) is 0 Å². The third kappa shape index (κ3) is 7.38. The first-order chi connectivity index (χ1) is 12.0. The Labute approximate surface area is 145 Å². The van der Waals surface area contributed by atoms with Crippen molar-refractivity contribution in [2.45, 2.75) is 26.3 Å². The Balaban J connectivity index is 2.83. The third-order valence-corrected chi connectivity index (χ3v) is 3.21. The first-order valence-corrected chi connectivity index (χ1v) is 7.95. The van der Waals surface area contributed by atoms with Crippen LogP contribution in [0.2, 0.25) is 0 Å². The van der Waals surface area contributed by atoms with Gasteiger partial charge in [-0.25, -0.2) is 0 Å². The summed E-state index contributed by atoms with van der Waals surface area (Å²) in [5.74, 6) is -3.60. The molecule has 0 aromatic heterocycles. The second kappa shape index (κ2) is 10.7. The lowest BCUT2D eigenvalue weighted by atomic mass is 10.2. The molecule has 0 unspecified atom stereocenters. The molecular weight excluding hydrogens is 326 g/mol. The first-order valence-electron chi connectivity index (χ1n) is 7.95. The fourth-order valence-corrected chi connectivity index (χ4v) is 1.90. The lowest BCUT2D eigenvalue weighted by molar-refractivity contribution is -0.138. The highest BCUT2D eigenvalue weighted by Crippen LogP contribution is 2.03. The number of carbonyl (C=O) groups is 3. The maximum atomic E-state index is 12.3. The fourth-order valence-electron chi connectivity index (χ4n) is 1.90. The number of amides is 2. The molecule has 0 aliphatic heterocycles. The monoisotopic (exact) mass is 349 g/mol. The van der Waals surface area contributed by atoms with Crippen molar-refractivity contribution < 1.29 is 24.6 Å². The van der Waals surface area contributed by atoms with Crippen LogP contribution in [-0.2, 0) is 20.9 Å². The zero-order chi connectivity index (χ0) is 18.7. The second-order valence-corrected chi connectivity index (χ2v) is 5.25. The second-order valence-electron chi connectivity index (χ2n) is 5.25. The topological polar surface area (TPSA) is 128 Å². The van der Waals surface area contributed by atoms with Crippen LogP contribution in [0, 0.1) is 0 Å². The van der Waals surface area contributed by atoms with Gasteiger partial charge in [0, 0.05) is 13.1 Å². The van der Waals surface area contributed by atoms with Gasteiger partial charge in [-0.05, 0) is 12.0 Å². The van der Waals surface area contributed by atoms with E-state index in [1.807, 2.05) is 25.1 Å². The Morgan fingerprint density at radius 3 is 2.20 bits per heavy atom. The van der Waals surface area contributed by atoms with Crippen LogP contribution in [0.15, 0.2) is 41.8 Å². The van der Waals surface area contributed by atoms with Gasteiger partial charge in [0.05, 0.1) is 0 Å². The Kier molecular flexibility index (Phi) is 8.56. The highest BCUT2D eigenvalue weighted by molar-refractivity contribution is 6.19. The van der Waals surface area contributed by atoms with Crippen LogP contribution in [0.1, 0.15) is 25.3 Å². The van der Waals surface area contributed by atoms with E-state index in [4.69, 9.17) is 5.11 Å². The highest BCUT2D eigenvalue weighted by atomic mass is 16.4. The Hall–Kier alpha value is -3.03. The zero-order valence-corrected chi connectivity index (χ0v) is 14.0. The van der Waals surface area contributed by atoms with Gasteiger partial charge < -0.3 is 26.2 Å². The molecule has 136 valence electrons. The number of carboxylic acids is 1. The molecule has 1 aromatic rings. The summed E-state index contributed by atoms with van der Waals surface area (Å²) in [4.78, 5) is 35.0. The molecule has 0 radical (unpaired) electrons. The molecule has 0 fully saturated rings. The smallest absolute Gasteiger partial charge is 0.322 e. The molecule has 0 spiro atoms. The number of benzene rings is 1. The molecule has 2 amide bonds. The number of carbonyl (C=O) groups excluding carboxylic acids is 2. The molecule has 0 saturated carbocycles. The number of rotatable bonds is 10. The maximum absolute atomic E-state index is 12.3. The van der Waals surface area contributed by atoms with Crippen LogP contribution in [0.5, 0.6) is 0 Å². The first kappa shape index (κ1) is 20.0. The number of hydrogen-bond acceptors (Lipinski definition) is 5. The van der Waals surface area contributed by atoms with Gasteiger partial charge in [-0.15, -0.1) is 0 Å². The number of nitrogens with one attached hydrogen (secondary N) is 3. The van der Waals surface area contributed by atoms with Crippen LogP contribution in [0.4, 0.5) is 0 Å². The van der Waals surface area contributed by atoms with Crippen molar-refractivity contribution in [1.29, 1.82) is 0 Å². The number of hydrogen-bond donors (Lipinski definition) is 5. The minimum absolute atomic E-state index is 0.164. The molecule has 25 heavy (non-hydrogen) atoms. The van der Waals surface area contributed by atoms with E-state index < -0.39 is 35.8 Å². The number of aliphatic hydroxyl groups excluding tert-OH is 1. The van der Waals surface area contributed by atoms with E-state index in [0.29, 0.717) is 6.54 Å². The van der Waals surface area contributed by atoms with Crippen molar-refractivity contribution in [2.75, 3.05) is 13.1 Å². The molecule has 8 nitrogen and oxygen atoms in total. The summed E-state index contributed by atoms with van der Waals surface area (Å²) in [7, 11) is 0. The van der Waals surface area contributed by atoms with Gasteiger partial charge in [0.2, 0.25) is 5.88 Å². The van der Waals surface area contributed by atoms with E-state index in [0.717, 1.165) is 18.4 Å². The molecule has 5 N–H and O–H groups in total. The fraction of sp³-hybridized carbons (Fsp3) is 0.353. The van der Waals surface area contributed by atoms with Crippen molar-refractivity contribution in [2.24, 2.45) is 0 Å². The lowest BCUT2D eigenvalue weighted by Crippen LogP contribution is -2.39. The molecule has 8 heteroatoms. The highest BCUT2D eigenvalue weighted by Gasteiger charge is 2.24. The predicted molar refractivity (Wildman–Crippen MR) is 91.5 cm³/mol. The van der Waals surface area contributed by atoms with E-state index in [-0.39, 0.29) is 6.54 Å². The Bertz CT molecular complexity index is 628. The van der Waals surface area contributed by atoms with Gasteiger partial charge >= 0.3 is 5.97 Å². The van der Waals surface area contributed by atoms with E-state index in [2.05, 4.69) is 16.0 Å².